The van der Waals surface area contributed by atoms with Gasteiger partial charge in [0.25, 0.3) is 5.91 Å². The Hall–Kier alpha value is -2.41. The van der Waals surface area contributed by atoms with Gasteiger partial charge in [0.1, 0.15) is 10.6 Å². The Morgan fingerprint density at radius 1 is 1.39 bits per heavy atom. The quantitative estimate of drug-likeness (QED) is 0.812. The molecule has 2 N–H and O–H groups in total. The Bertz CT molecular complexity index is 712. The minimum atomic E-state index is -1.03. The van der Waals surface area contributed by atoms with E-state index in [0.29, 0.717) is 17.2 Å². The van der Waals surface area contributed by atoms with E-state index in [4.69, 9.17) is 9.84 Å². The van der Waals surface area contributed by atoms with Crippen LogP contribution in [0, 0.1) is 6.92 Å². The van der Waals surface area contributed by atoms with Crippen molar-refractivity contribution in [1.82, 2.24) is 10.3 Å². The molecule has 2 aromatic rings. The molecule has 1 aromatic carbocycles. The summed E-state index contributed by atoms with van der Waals surface area (Å²) in [6.45, 7) is 3.77. The molecule has 0 aliphatic rings. The number of carbonyl (C=O) groups is 2. The van der Waals surface area contributed by atoms with Gasteiger partial charge in [-0.1, -0.05) is 19.1 Å². The highest BCUT2D eigenvalue weighted by molar-refractivity contribution is 7.13. The molecule has 1 heterocycles. The smallest absolute Gasteiger partial charge is 0.341 e. The Labute approximate surface area is 138 Å². The van der Waals surface area contributed by atoms with Gasteiger partial charge in [-0.15, -0.1) is 11.3 Å². The number of ether oxygens (including phenoxy) is 1. The molecule has 0 saturated carbocycles. The standard InChI is InChI=1S/C16H18N2O4S/c1-3-13-18-10(2)15(23-13)16(21)17-8-11-5-4-6-12(7-11)22-9-14(19)20/h4-7H,3,8-9H2,1-2H3,(H,17,21)(H,19,20). The summed E-state index contributed by atoms with van der Waals surface area (Å²) in [6, 6.07) is 6.98. The van der Waals surface area contributed by atoms with Crippen molar-refractivity contribution in [1.29, 1.82) is 0 Å². The Kier molecular flexibility index (Phi) is 5.70. The molecule has 0 spiro atoms. The van der Waals surface area contributed by atoms with Crippen LogP contribution < -0.4 is 10.1 Å². The first kappa shape index (κ1) is 17.0. The van der Waals surface area contributed by atoms with Crippen LogP contribution in [0.3, 0.4) is 0 Å². The maximum Gasteiger partial charge on any atom is 0.341 e. The van der Waals surface area contributed by atoms with E-state index in [2.05, 4.69) is 10.3 Å². The molecule has 122 valence electrons. The summed E-state index contributed by atoms with van der Waals surface area (Å²) in [5.74, 6) is -0.728. The SMILES string of the molecule is CCc1nc(C)c(C(=O)NCc2cccc(OCC(=O)O)c2)s1. The van der Waals surface area contributed by atoms with E-state index in [0.717, 1.165) is 22.7 Å². The Morgan fingerprint density at radius 3 is 2.83 bits per heavy atom. The molecule has 0 aliphatic heterocycles. The summed E-state index contributed by atoms with van der Waals surface area (Å²) >= 11 is 1.40. The fraction of sp³-hybridized carbons (Fsp3) is 0.312. The predicted molar refractivity (Wildman–Crippen MR) is 87.0 cm³/mol. The highest BCUT2D eigenvalue weighted by Crippen LogP contribution is 2.19. The van der Waals surface area contributed by atoms with Crippen LogP contribution in [-0.2, 0) is 17.8 Å². The van der Waals surface area contributed by atoms with Gasteiger partial charge in [0.15, 0.2) is 6.61 Å². The number of aliphatic carboxylic acids is 1. The maximum atomic E-state index is 12.2. The first-order valence-corrected chi connectivity index (χ1v) is 7.99. The molecule has 0 saturated heterocycles. The average Bonchev–Trinajstić information content (AvgIpc) is 2.92. The fourth-order valence-electron chi connectivity index (χ4n) is 1.97. The van der Waals surface area contributed by atoms with Gasteiger partial charge < -0.3 is 15.2 Å². The summed E-state index contributed by atoms with van der Waals surface area (Å²) < 4.78 is 5.12. The van der Waals surface area contributed by atoms with Crippen molar-refractivity contribution in [2.75, 3.05) is 6.61 Å². The number of aryl methyl sites for hydroxylation is 2. The molecule has 7 heteroatoms. The lowest BCUT2D eigenvalue weighted by Gasteiger charge is -2.07. The normalized spacial score (nSPS) is 10.3. The minimum Gasteiger partial charge on any atom is -0.482 e. The molecule has 0 bridgehead atoms. The van der Waals surface area contributed by atoms with E-state index in [1.165, 1.54) is 11.3 Å². The first-order chi connectivity index (χ1) is 11.0. The number of thiazole rings is 1. The summed E-state index contributed by atoms with van der Waals surface area (Å²) in [7, 11) is 0. The number of rotatable bonds is 7. The molecule has 0 fully saturated rings. The third-order valence-corrected chi connectivity index (χ3v) is 4.36. The zero-order chi connectivity index (χ0) is 16.8. The van der Waals surface area contributed by atoms with Crippen LogP contribution in [0.4, 0.5) is 0 Å². The van der Waals surface area contributed by atoms with Gasteiger partial charge in [0.05, 0.1) is 10.7 Å². The highest BCUT2D eigenvalue weighted by atomic mass is 32.1. The van der Waals surface area contributed by atoms with E-state index in [-0.39, 0.29) is 5.91 Å². The Balaban J connectivity index is 1.97. The zero-order valence-corrected chi connectivity index (χ0v) is 13.8. The van der Waals surface area contributed by atoms with Gasteiger partial charge in [-0.05, 0) is 31.0 Å². The van der Waals surface area contributed by atoms with Crippen molar-refractivity contribution in [3.8, 4) is 5.75 Å². The lowest BCUT2D eigenvalue weighted by atomic mass is 10.2. The Morgan fingerprint density at radius 2 is 2.17 bits per heavy atom. The number of benzene rings is 1. The largest absolute Gasteiger partial charge is 0.482 e. The second-order valence-corrected chi connectivity index (χ2v) is 5.97. The lowest BCUT2D eigenvalue weighted by Crippen LogP contribution is -2.22. The number of carboxylic acid groups (broad SMARTS) is 1. The van der Waals surface area contributed by atoms with Gasteiger partial charge in [-0.25, -0.2) is 9.78 Å². The summed E-state index contributed by atoms with van der Waals surface area (Å²) in [5.41, 5.74) is 1.57. The number of nitrogens with one attached hydrogen (secondary N) is 1. The molecule has 0 radical (unpaired) electrons. The molecule has 1 amide bonds. The van der Waals surface area contributed by atoms with E-state index < -0.39 is 12.6 Å². The summed E-state index contributed by atoms with van der Waals surface area (Å²) in [6.07, 6.45) is 0.807. The first-order valence-electron chi connectivity index (χ1n) is 7.17. The average molecular weight is 334 g/mol. The van der Waals surface area contributed by atoms with E-state index in [1.807, 2.05) is 19.9 Å². The number of amides is 1. The van der Waals surface area contributed by atoms with Crippen LogP contribution in [0.2, 0.25) is 0 Å². The fourth-order valence-corrected chi connectivity index (χ4v) is 2.89. The maximum absolute atomic E-state index is 12.2. The molecule has 0 aliphatic carbocycles. The topological polar surface area (TPSA) is 88.5 Å². The number of aromatic nitrogens is 1. The number of hydrogen-bond acceptors (Lipinski definition) is 5. The third kappa shape index (κ3) is 4.79. The van der Waals surface area contributed by atoms with Crippen molar-refractivity contribution >= 4 is 23.2 Å². The van der Waals surface area contributed by atoms with Gasteiger partial charge in [-0.3, -0.25) is 4.79 Å². The molecule has 0 atom stereocenters. The van der Waals surface area contributed by atoms with Gasteiger partial charge in [0.2, 0.25) is 0 Å². The highest BCUT2D eigenvalue weighted by Gasteiger charge is 2.14. The van der Waals surface area contributed by atoms with Crippen molar-refractivity contribution < 1.29 is 19.4 Å². The molecule has 6 nitrogen and oxygen atoms in total. The van der Waals surface area contributed by atoms with Crippen molar-refractivity contribution in [3.63, 3.8) is 0 Å². The van der Waals surface area contributed by atoms with Gasteiger partial charge in [0, 0.05) is 6.54 Å². The molecule has 1 aromatic heterocycles. The van der Waals surface area contributed by atoms with Crippen LogP contribution in [0.5, 0.6) is 5.75 Å². The summed E-state index contributed by atoms with van der Waals surface area (Å²) in [5, 5.41) is 12.4. The second kappa shape index (κ2) is 7.73. The third-order valence-electron chi connectivity index (χ3n) is 3.06. The van der Waals surface area contributed by atoms with Crippen molar-refractivity contribution in [3.05, 3.63) is 45.4 Å². The van der Waals surface area contributed by atoms with Crippen LogP contribution in [0.1, 0.15) is 32.9 Å². The van der Waals surface area contributed by atoms with Gasteiger partial charge in [-0.2, -0.15) is 0 Å². The lowest BCUT2D eigenvalue weighted by molar-refractivity contribution is -0.139. The molecular formula is C16H18N2O4S. The van der Waals surface area contributed by atoms with Crippen molar-refractivity contribution in [2.24, 2.45) is 0 Å². The second-order valence-electron chi connectivity index (χ2n) is 4.89. The number of carbonyl (C=O) groups excluding carboxylic acids is 1. The molecule has 23 heavy (non-hydrogen) atoms. The molecular weight excluding hydrogens is 316 g/mol. The van der Waals surface area contributed by atoms with Crippen LogP contribution in [-0.4, -0.2) is 28.6 Å². The molecule has 2 rings (SSSR count). The summed E-state index contributed by atoms with van der Waals surface area (Å²) in [4.78, 5) is 27.7. The number of carboxylic acids is 1. The van der Waals surface area contributed by atoms with E-state index in [9.17, 15) is 9.59 Å². The van der Waals surface area contributed by atoms with Crippen LogP contribution in [0.15, 0.2) is 24.3 Å². The zero-order valence-electron chi connectivity index (χ0n) is 13.0. The van der Waals surface area contributed by atoms with E-state index >= 15 is 0 Å². The minimum absolute atomic E-state index is 0.156. The molecule has 0 unspecified atom stereocenters. The van der Waals surface area contributed by atoms with E-state index in [1.54, 1.807) is 18.2 Å². The monoisotopic (exact) mass is 334 g/mol. The number of nitrogens with zero attached hydrogens (tertiary/aromatic N) is 1. The van der Waals surface area contributed by atoms with Gasteiger partial charge >= 0.3 is 5.97 Å². The number of hydrogen-bond donors (Lipinski definition) is 2. The van der Waals surface area contributed by atoms with Crippen LogP contribution >= 0.6 is 11.3 Å². The van der Waals surface area contributed by atoms with Crippen LogP contribution in [0.25, 0.3) is 0 Å². The predicted octanol–water partition coefficient (Wildman–Crippen LogP) is 2.41. The van der Waals surface area contributed by atoms with Crippen molar-refractivity contribution in [2.45, 2.75) is 26.8 Å².